The number of aromatic nitrogens is 2. The summed E-state index contributed by atoms with van der Waals surface area (Å²) in [7, 11) is 2.19. The highest BCUT2D eigenvalue weighted by Crippen LogP contribution is 2.31. The molecule has 5 nitrogen and oxygen atoms in total. The molecule has 0 unspecified atom stereocenters. The van der Waals surface area contributed by atoms with Crippen molar-refractivity contribution < 1.29 is 0 Å². The molecule has 0 atom stereocenters. The Kier molecular flexibility index (Phi) is 8.55. The van der Waals surface area contributed by atoms with Crippen LogP contribution in [0.5, 0.6) is 0 Å². The second-order valence-electron chi connectivity index (χ2n) is 8.22. The highest BCUT2D eigenvalue weighted by Gasteiger charge is 2.14. The van der Waals surface area contributed by atoms with Gasteiger partial charge in [0, 0.05) is 67.3 Å². The topological polar surface area (TPSA) is 61.2 Å². The minimum absolute atomic E-state index is 0. The highest BCUT2D eigenvalue weighted by atomic mass is 32.1. The van der Waals surface area contributed by atoms with Crippen molar-refractivity contribution in [1.29, 1.82) is 0 Å². The van der Waals surface area contributed by atoms with Crippen LogP contribution in [0.2, 0.25) is 0 Å². The zero-order valence-electron chi connectivity index (χ0n) is 19.8. The number of nitrogen functional groups attached to an aromatic ring is 1. The quantitative estimate of drug-likeness (QED) is 0.401. The number of pyridine rings is 1. The molecule has 0 aliphatic carbocycles. The molecule has 0 saturated carbocycles. The number of aromatic amines is 1. The maximum Gasteiger partial charge on any atom is 0.137 e. The lowest BCUT2D eigenvalue weighted by Gasteiger charge is -2.32. The molecule has 4 aromatic rings. The smallest absolute Gasteiger partial charge is 0.137 e. The van der Waals surface area contributed by atoms with Crippen LogP contribution in [0.4, 0.5) is 5.69 Å². The van der Waals surface area contributed by atoms with E-state index in [1.54, 1.807) is 0 Å². The summed E-state index contributed by atoms with van der Waals surface area (Å²) in [5.74, 6) is 0. The van der Waals surface area contributed by atoms with Crippen LogP contribution in [0.15, 0.2) is 67.0 Å². The number of fused-ring (bicyclic) bond motifs is 1. The average Bonchev–Trinajstić information content (AvgIpc) is 3.26. The third kappa shape index (κ3) is 5.77. The van der Waals surface area contributed by atoms with E-state index < -0.39 is 0 Å². The summed E-state index contributed by atoms with van der Waals surface area (Å²) in [6, 6.07) is 19.1. The lowest BCUT2D eigenvalue weighted by Crippen LogP contribution is -2.43. The number of nitrogens with one attached hydrogen (secondary N) is 1. The van der Waals surface area contributed by atoms with Crippen molar-refractivity contribution in [1.82, 2.24) is 19.8 Å². The Balaban J connectivity index is 0.000000994. The molecular formula is C27H35N5S. The summed E-state index contributed by atoms with van der Waals surface area (Å²) in [6.45, 7) is 9.59. The van der Waals surface area contributed by atoms with E-state index in [9.17, 15) is 0 Å². The molecule has 3 heterocycles. The van der Waals surface area contributed by atoms with Crippen LogP contribution in [0.1, 0.15) is 19.4 Å². The Morgan fingerprint density at radius 1 is 0.909 bits per heavy atom. The molecule has 0 bridgehead atoms. The van der Waals surface area contributed by atoms with Crippen molar-refractivity contribution in [2.24, 2.45) is 0 Å². The standard InChI is InChI=1S/C25H27N5.C2H6.H2S/c1-29-9-11-30(12-10-29)17-18-5-7-19(8-6-18)21-14-23-24(16-28-25(23)27-15-21)20-3-2-4-22(26)13-20;1-2;/h2-8,13-16H,9-12,17,26H2,1H3,(H,27,28);1-2H3;1H2. The number of H-pyrrole nitrogens is 1. The molecule has 1 saturated heterocycles. The van der Waals surface area contributed by atoms with E-state index in [0.717, 1.165) is 66.1 Å². The first-order valence-corrected chi connectivity index (χ1v) is 11.5. The fourth-order valence-electron chi connectivity index (χ4n) is 4.17. The molecule has 0 spiro atoms. The maximum absolute atomic E-state index is 5.99. The second kappa shape index (κ2) is 11.4. The van der Waals surface area contributed by atoms with E-state index in [1.165, 1.54) is 11.1 Å². The van der Waals surface area contributed by atoms with Gasteiger partial charge in [-0.15, -0.1) is 0 Å². The van der Waals surface area contributed by atoms with Gasteiger partial charge in [0.25, 0.3) is 0 Å². The van der Waals surface area contributed by atoms with Crippen molar-refractivity contribution in [3.8, 4) is 22.3 Å². The second-order valence-corrected chi connectivity index (χ2v) is 8.22. The first-order chi connectivity index (χ1) is 15.7. The summed E-state index contributed by atoms with van der Waals surface area (Å²) in [6.07, 6.45) is 3.95. The van der Waals surface area contributed by atoms with Gasteiger partial charge in [-0.3, -0.25) is 4.90 Å². The number of hydrogen-bond acceptors (Lipinski definition) is 4. The lowest BCUT2D eigenvalue weighted by molar-refractivity contribution is 0.148. The van der Waals surface area contributed by atoms with Gasteiger partial charge in [-0.2, -0.15) is 13.5 Å². The largest absolute Gasteiger partial charge is 0.399 e. The zero-order valence-corrected chi connectivity index (χ0v) is 20.8. The molecular weight excluding hydrogens is 426 g/mol. The molecule has 0 amide bonds. The predicted octanol–water partition coefficient (Wildman–Crippen LogP) is 5.37. The SMILES string of the molecule is CC.CN1CCN(Cc2ccc(-c3cnc4[nH]cc(-c5cccc(N)c5)c4c3)cc2)CC1.S. The molecule has 174 valence electrons. The molecule has 2 aromatic carbocycles. The Morgan fingerprint density at radius 3 is 2.33 bits per heavy atom. The summed E-state index contributed by atoms with van der Waals surface area (Å²) in [5.41, 5.74) is 13.5. The molecule has 1 aliphatic rings. The summed E-state index contributed by atoms with van der Waals surface area (Å²) in [4.78, 5) is 12.8. The van der Waals surface area contributed by atoms with Crippen LogP contribution in [0.25, 0.3) is 33.3 Å². The minimum Gasteiger partial charge on any atom is -0.399 e. The molecule has 1 fully saturated rings. The van der Waals surface area contributed by atoms with Gasteiger partial charge in [-0.25, -0.2) is 4.98 Å². The summed E-state index contributed by atoms with van der Waals surface area (Å²) in [5, 5.41) is 1.11. The summed E-state index contributed by atoms with van der Waals surface area (Å²) < 4.78 is 0. The minimum atomic E-state index is 0. The lowest BCUT2D eigenvalue weighted by atomic mass is 10.0. The van der Waals surface area contributed by atoms with Gasteiger partial charge in [0.05, 0.1) is 0 Å². The third-order valence-electron chi connectivity index (χ3n) is 6.02. The molecule has 6 heteroatoms. The fourth-order valence-corrected chi connectivity index (χ4v) is 4.17. The Bertz CT molecular complexity index is 1160. The van der Waals surface area contributed by atoms with E-state index in [-0.39, 0.29) is 13.5 Å². The Labute approximate surface area is 204 Å². The van der Waals surface area contributed by atoms with Crippen LogP contribution >= 0.6 is 13.5 Å². The Hall–Kier alpha value is -2.80. The van der Waals surface area contributed by atoms with Crippen LogP contribution in [-0.2, 0) is 6.54 Å². The van der Waals surface area contributed by atoms with Crippen molar-refractivity contribution in [3.05, 3.63) is 72.6 Å². The fraction of sp³-hybridized carbons (Fsp3) is 0.296. The number of hydrogen-bond donors (Lipinski definition) is 2. The van der Waals surface area contributed by atoms with Crippen LogP contribution in [0.3, 0.4) is 0 Å². The number of piperazine rings is 1. The van der Waals surface area contributed by atoms with Gasteiger partial charge >= 0.3 is 0 Å². The first kappa shape index (κ1) is 24.8. The first-order valence-electron chi connectivity index (χ1n) is 11.5. The predicted molar refractivity (Wildman–Crippen MR) is 146 cm³/mol. The average molecular weight is 462 g/mol. The van der Waals surface area contributed by atoms with Gasteiger partial charge in [0.15, 0.2) is 0 Å². The normalized spacial score (nSPS) is 14.4. The third-order valence-corrected chi connectivity index (χ3v) is 6.02. The monoisotopic (exact) mass is 461 g/mol. The van der Waals surface area contributed by atoms with E-state index in [1.807, 2.05) is 44.4 Å². The number of nitrogens with two attached hydrogens (primary N) is 1. The molecule has 33 heavy (non-hydrogen) atoms. The van der Waals surface area contributed by atoms with Crippen molar-refractivity contribution in [3.63, 3.8) is 0 Å². The van der Waals surface area contributed by atoms with E-state index in [4.69, 9.17) is 5.73 Å². The Morgan fingerprint density at radius 2 is 1.64 bits per heavy atom. The molecule has 5 rings (SSSR count). The van der Waals surface area contributed by atoms with E-state index in [2.05, 4.69) is 63.2 Å². The molecule has 1 aliphatic heterocycles. The van der Waals surface area contributed by atoms with Gasteiger partial charge in [-0.1, -0.05) is 50.2 Å². The summed E-state index contributed by atoms with van der Waals surface area (Å²) >= 11 is 0. The van der Waals surface area contributed by atoms with Crippen LogP contribution in [-0.4, -0.2) is 53.0 Å². The maximum atomic E-state index is 5.99. The molecule has 0 radical (unpaired) electrons. The van der Waals surface area contributed by atoms with Crippen molar-refractivity contribution >= 4 is 30.2 Å². The van der Waals surface area contributed by atoms with Gasteiger partial charge < -0.3 is 15.6 Å². The number of rotatable bonds is 4. The number of anilines is 1. The zero-order chi connectivity index (χ0) is 22.5. The van der Waals surface area contributed by atoms with Crippen LogP contribution in [0, 0.1) is 0 Å². The van der Waals surface area contributed by atoms with Gasteiger partial charge in [0.1, 0.15) is 5.65 Å². The van der Waals surface area contributed by atoms with Gasteiger partial charge in [-0.05, 0) is 41.9 Å². The molecule has 2 aromatic heterocycles. The van der Waals surface area contributed by atoms with Crippen LogP contribution < -0.4 is 5.73 Å². The van der Waals surface area contributed by atoms with Gasteiger partial charge in [0.2, 0.25) is 0 Å². The van der Waals surface area contributed by atoms with E-state index in [0.29, 0.717) is 0 Å². The number of likely N-dealkylation sites (N-methyl/N-ethyl adjacent to an activating group) is 1. The van der Waals surface area contributed by atoms with E-state index >= 15 is 0 Å². The number of benzene rings is 2. The van der Waals surface area contributed by atoms with Crippen molar-refractivity contribution in [2.45, 2.75) is 20.4 Å². The number of nitrogens with zero attached hydrogens (tertiary/aromatic N) is 3. The molecule has 3 N–H and O–H groups in total. The highest BCUT2D eigenvalue weighted by molar-refractivity contribution is 7.59. The van der Waals surface area contributed by atoms with Crippen molar-refractivity contribution in [2.75, 3.05) is 39.0 Å².